The van der Waals surface area contributed by atoms with Crippen LogP contribution < -0.4 is 0 Å². The van der Waals surface area contributed by atoms with Crippen molar-refractivity contribution in [3.8, 4) is 0 Å². The molecule has 0 unspecified atom stereocenters. The Balaban J connectivity index is 1.89. The number of benzene rings is 1. The lowest BCUT2D eigenvalue weighted by Crippen LogP contribution is -2.44. The molecule has 2 amide bonds. The molecule has 1 aromatic carbocycles. The van der Waals surface area contributed by atoms with Crippen LogP contribution in [0.1, 0.15) is 37.8 Å². The van der Waals surface area contributed by atoms with Crippen LogP contribution in [0, 0.1) is 18.8 Å². The Hall–Kier alpha value is -1.84. The monoisotopic (exact) mass is 316 g/mol. The highest BCUT2D eigenvalue weighted by Crippen LogP contribution is 2.21. The Morgan fingerprint density at radius 1 is 1.22 bits per heavy atom. The highest BCUT2D eigenvalue weighted by Gasteiger charge is 2.29. The van der Waals surface area contributed by atoms with Gasteiger partial charge in [0, 0.05) is 38.5 Å². The van der Waals surface area contributed by atoms with Crippen molar-refractivity contribution in [1.82, 2.24) is 9.80 Å². The summed E-state index contributed by atoms with van der Waals surface area (Å²) < 4.78 is 0. The van der Waals surface area contributed by atoms with E-state index in [0.717, 1.165) is 12.8 Å². The van der Waals surface area contributed by atoms with E-state index in [9.17, 15) is 9.59 Å². The molecule has 1 aliphatic rings. The van der Waals surface area contributed by atoms with Gasteiger partial charge in [0.05, 0.1) is 0 Å². The molecule has 1 saturated heterocycles. The number of nitrogens with zero attached hydrogens (tertiary/aromatic N) is 2. The number of rotatable bonds is 4. The third-order valence-corrected chi connectivity index (χ3v) is 4.69. The van der Waals surface area contributed by atoms with Gasteiger partial charge in [0.2, 0.25) is 11.8 Å². The number of carbonyl (C=O) groups is 2. The maximum atomic E-state index is 12.6. The topological polar surface area (TPSA) is 40.6 Å². The van der Waals surface area contributed by atoms with Gasteiger partial charge in [-0.05, 0) is 30.9 Å². The Bertz CT molecular complexity index is 560. The van der Waals surface area contributed by atoms with Crippen molar-refractivity contribution < 1.29 is 9.59 Å². The molecular weight excluding hydrogens is 288 g/mol. The minimum absolute atomic E-state index is 0.0333. The number of piperidine rings is 1. The summed E-state index contributed by atoms with van der Waals surface area (Å²) in [4.78, 5) is 28.4. The van der Waals surface area contributed by atoms with Crippen molar-refractivity contribution in [2.45, 2.75) is 40.2 Å². The van der Waals surface area contributed by atoms with E-state index in [2.05, 4.69) is 19.1 Å². The van der Waals surface area contributed by atoms with Crippen molar-refractivity contribution >= 4 is 11.8 Å². The van der Waals surface area contributed by atoms with E-state index >= 15 is 0 Å². The molecule has 2 rings (SSSR count). The zero-order chi connectivity index (χ0) is 17.0. The van der Waals surface area contributed by atoms with Gasteiger partial charge < -0.3 is 9.80 Å². The normalized spacial score (nSPS) is 15.8. The van der Waals surface area contributed by atoms with Gasteiger partial charge in [-0.1, -0.05) is 38.1 Å². The molecular formula is C19H28N2O2. The summed E-state index contributed by atoms with van der Waals surface area (Å²) in [5, 5.41) is 0. The fourth-order valence-electron chi connectivity index (χ4n) is 3.14. The van der Waals surface area contributed by atoms with E-state index in [-0.39, 0.29) is 23.7 Å². The maximum Gasteiger partial charge on any atom is 0.225 e. The van der Waals surface area contributed by atoms with E-state index in [1.807, 2.05) is 42.8 Å². The Morgan fingerprint density at radius 3 is 2.39 bits per heavy atom. The van der Waals surface area contributed by atoms with Crippen LogP contribution in [0.4, 0.5) is 0 Å². The number of carbonyl (C=O) groups excluding carboxylic acids is 2. The number of likely N-dealkylation sites (tertiary alicyclic amines) is 1. The average molecular weight is 316 g/mol. The largest absolute Gasteiger partial charge is 0.342 e. The second-order valence-corrected chi connectivity index (χ2v) is 6.88. The predicted octanol–water partition coefficient (Wildman–Crippen LogP) is 2.85. The molecule has 4 nitrogen and oxygen atoms in total. The van der Waals surface area contributed by atoms with Gasteiger partial charge in [-0.25, -0.2) is 0 Å². The molecule has 0 aromatic heterocycles. The molecule has 4 heteroatoms. The quantitative estimate of drug-likeness (QED) is 0.857. The zero-order valence-corrected chi connectivity index (χ0v) is 14.7. The first-order valence-electron chi connectivity index (χ1n) is 8.48. The number of aryl methyl sites for hydroxylation is 1. The van der Waals surface area contributed by atoms with Crippen molar-refractivity contribution in [3.05, 3.63) is 35.4 Å². The van der Waals surface area contributed by atoms with Crippen LogP contribution >= 0.6 is 0 Å². The summed E-state index contributed by atoms with van der Waals surface area (Å²) in [5.41, 5.74) is 2.40. The molecule has 0 aliphatic carbocycles. The SMILES string of the molecule is Cc1ccccc1CN(C)C(=O)C1CCN(C(=O)C(C)C)CC1. The third-order valence-electron chi connectivity index (χ3n) is 4.69. The van der Waals surface area contributed by atoms with Crippen LogP contribution in [0.5, 0.6) is 0 Å². The van der Waals surface area contributed by atoms with Gasteiger partial charge in [0.15, 0.2) is 0 Å². The van der Waals surface area contributed by atoms with Crippen LogP contribution in [0.3, 0.4) is 0 Å². The fraction of sp³-hybridized carbons (Fsp3) is 0.579. The third kappa shape index (κ3) is 4.34. The summed E-state index contributed by atoms with van der Waals surface area (Å²) in [6.07, 6.45) is 1.55. The van der Waals surface area contributed by atoms with Gasteiger partial charge in [-0.3, -0.25) is 9.59 Å². The maximum absolute atomic E-state index is 12.6. The van der Waals surface area contributed by atoms with Crippen LogP contribution in [0.2, 0.25) is 0 Å². The van der Waals surface area contributed by atoms with Crippen LogP contribution in [-0.2, 0) is 16.1 Å². The Kier molecular flexibility index (Phi) is 5.80. The molecule has 0 N–H and O–H groups in total. The second-order valence-electron chi connectivity index (χ2n) is 6.88. The minimum atomic E-state index is 0.0333. The van der Waals surface area contributed by atoms with Crippen LogP contribution in [-0.4, -0.2) is 41.8 Å². The molecule has 23 heavy (non-hydrogen) atoms. The summed E-state index contributed by atoms with van der Waals surface area (Å²) in [6.45, 7) is 7.97. The number of hydrogen-bond donors (Lipinski definition) is 0. The van der Waals surface area contributed by atoms with Crippen molar-refractivity contribution in [2.24, 2.45) is 11.8 Å². The fourth-order valence-corrected chi connectivity index (χ4v) is 3.14. The van der Waals surface area contributed by atoms with Gasteiger partial charge in [0.25, 0.3) is 0 Å². The summed E-state index contributed by atoms with van der Waals surface area (Å²) in [5.74, 6) is 0.472. The van der Waals surface area contributed by atoms with Gasteiger partial charge in [-0.15, -0.1) is 0 Å². The van der Waals surface area contributed by atoms with E-state index < -0.39 is 0 Å². The molecule has 0 saturated carbocycles. The molecule has 1 aromatic rings. The smallest absolute Gasteiger partial charge is 0.225 e. The molecule has 0 spiro atoms. The standard InChI is InChI=1S/C19H28N2O2/c1-14(2)18(22)21-11-9-16(10-12-21)19(23)20(4)13-17-8-6-5-7-15(17)3/h5-8,14,16H,9-13H2,1-4H3. The molecule has 0 radical (unpaired) electrons. The first-order valence-corrected chi connectivity index (χ1v) is 8.48. The second kappa shape index (κ2) is 7.62. The molecule has 0 bridgehead atoms. The van der Waals surface area contributed by atoms with Gasteiger partial charge >= 0.3 is 0 Å². The molecule has 1 heterocycles. The van der Waals surface area contributed by atoms with Crippen LogP contribution in [0.25, 0.3) is 0 Å². The van der Waals surface area contributed by atoms with Gasteiger partial charge in [0.1, 0.15) is 0 Å². The summed E-state index contributed by atoms with van der Waals surface area (Å²) >= 11 is 0. The van der Waals surface area contributed by atoms with Crippen LogP contribution in [0.15, 0.2) is 24.3 Å². The Morgan fingerprint density at radius 2 is 1.83 bits per heavy atom. The van der Waals surface area contributed by atoms with E-state index in [0.29, 0.717) is 19.6 Å². The number of amides is 2. The first kappa shape index (κ1) is 17.5. The van der Waals surface area contributed by atoms with Gasteiger partial charge in [-0.2, -0.15) is 0 Å². The van der Waals surface area contributed by atoms with E-state index in [4.69, 9.17) is 0 Å². The summed E-state index contributed by atoms with van der Waals surface area (Å²) in [7, 11) is 1.88. The van der Waals surface area contributed by atoms with Crippen molar-refractivity contribution in [2.75, 3.05) is 20.1 Å². The first-order chi connectivity index (χ1) is 10.9. The highest BCUT2D eigenvalue weighted by atomic mass is 16.2. The lowest BCUT2D eigenvalue weighted by Gasteiger charge is -2.34. The lowest BCUT2D eigenvalue weighted by molar-refractivity contribution is -0.141. The zero-order valence-electron chi connectivity index (χ0n) is 14.7. The Labute approximate surface area is 139 Å². The lowest BCUT2D eigenvalue weighted by atomic mass is 9.94. The van der Waals surface area contributed by atoms with Crippen molar-refractivity contribution in [1.29, 1.82) is 0 Å². The predicted molar refractivity (Wildman–Crippen MR) is 91.8 cm³/mol. The van der Waals surface area contributed by atoms with Crippen molar-refractivity contribution in [3.63, 3.8) is 0 Å². The average Bonchev–Trinajstić information content (AvgIpc) is 2.55. The highest BCUT2D eigenvalue weighted by molar-refractivity contribution is 5.80. The molecule has 126 valence electrons. The van der Waals surface area contributed by atoms with E-state index in [1.165, 1.54) is 11.1 Å². The number of hydrogen-bond acceptors (Lipinski definition) is 2. The summed E-state index contributed by atoms with van der Waals surface area (Å²) in [6, 6.07) is 8.17. The molecule has 1 fully saturated rings. The molecule has 1 aliphatic heterocycles. The van der Waals surface area contributed by atoms with E-state index in [1.54, 1.807) is 0 Å². The minimum Gasteiger partial charge on any atom is -0.342 e. The molecule has 0 atom stereocenters.